The van der Waals surface area contributed by atoms with E-state index >= 15 is 0 Å². The van der Waals surface area contributed by atoms with Gasteiger partial charge in [0.2, 0.25) is 15.9 Å². The number of sulfonamides is 1. The minimum atomic E-state index is -4.08. The lowest BCUT2D eigenvalue weighted by Crippen LogP contribution is -2.50. The molecule has 1 aromatic carbocycles. The van der Waals surface area contributed by atoms with Gasteiger partial charge in [-0.3, -0.25) is 14.9 Å². The highest BCUT2D eigenvalue weighted by Gasteiger charge is 2.37. The molecule has 0 radical (unpaired) electrons. The zero-order valence-electron chi connectivity index (χ0n) is 17.1. The SMILES string of the molecule is CCOCC.C[C@H](NS(=O)(=O)c1ccc([N+](=O)[O-])cc1)C(=O)N1CCC[C@H]1C(=O)O. The van der Waals surface area contributed by atoms with Crippen LogP contribution in [0.1, 0.15) is 33.6 Å². The van der Waals surface area contributed by atoms with Crippen LogP contribution in [0.3, 0.4) is 0 Å². The zero-order chi connectivity index (χ0) is 22.9. The second-order valence-electron chi connectivity index (χ2n) is 6.40. The topological polar surface area (TPSA) is 156 Å². The lowest BCUT2D eigenvalue weighted by Gasteiger charge is -2.25. The quantitative estimate of drug-likeness (QED) is 0.449. The van der Waals surface area contributed by atoms with Crippen molar-refractivity contribution in [1.29, 1.82) is 0 Å². The molecule has 0 aromatic heterocycles. The van der Waals surface area contributed by atoms with Crippen LogP contribution in [-0.2, 0) is 24.3 Å². The van der Waals surface area contributed by atoms with Crippen molar-refractivity contribution in [3.63, 3.8) is 0 Å². The summed E-state index contributed by atoms with van der Waals surface area (Å²) < 4.78 is 31.6. The molecule has 1 fully saturated rings. The number of nitro groups is 1. The number of carbonyl (C=O) groups is 2. The highest BCUT2D eigenvalue weighted by Crippen LogP contribution is 2.20. The van der Waals surface area contributed by atoms with Crippen molar-refractivity contribution >= 4 is 27.6 Å². The van der Waals surface area contributed by atoms with Crippen LogP contribution in [-0.4, -0.2) is 67.1 Å². The number of nitrogens with one attached hydrogen (secondary N) is 1. The van der Waals surface area contributed by atoms with Crippen molar-refractivity contribution in [2.75, 3.05) is 19.8 Å². The molecule has 0 aliphatic carbocycles. The van der Waals surface area contributed by atoms with Crippen molar-refractivity contribution in [2.24, 2.45) is 0 Å². The van der Waals surface area contributed by atoms with Gasteiger partial charge < -0.3 is 14.7 Å². The van der Waals surface area contributed by atoms with E-state index < -0.39 is 38.9 Å². The molecule has 0 unspecified atom stereocenters. The Morgan fingerprint density at radius 2 is 1.87 bits per heavy atom. The number of carboxylic acids is 1. The number of rotatable bonds is 8. The van der Waals surface area contributed by atoms with Crippen LogP contribution in [0.15, 0.2) is 29.2 Å². The molecular formula is C18H27N3O8S. The Morgan fingerprint density at radius 1 is 1.30 bits per heavy atom. The van der Waals surface area contributed by atoms with E-state index in [2.05, 4.69) is 4.72 Å². The van der Waals surface area contributed by atoms with Crippen LogP contribution in [0.5, 0.6) is 0 Å². The number of carboxylic acid groups (broad SMARTS) is 1. The monoisotopic (exact) mass is 445 g/mol. The van der Waals surface area contributed by atoms with Crippen molar-refractivity contribution in [1.82, 2.24) is 9.62 Å². The molecule has 1 heterocycles. The molecular weight excluding hydrogens is 418 g/mol. The summed E-state index contributed by atoms with van der Waals surface area (Å²) in [6.45, 7) is 7.24. The lowest BCUT2D eigenvalue weighted by atomic mass is 10.2. The number of aliphatic carboxylic acids is 1. The highest BCUT2D eigenvalue weighted by molar-refractivity contribution is 7.89. The maximum Gasteiger partial charge on any atom is 0.326 e. The lowest BCUT2D eigenvalue weighted by molar-refractivity contribution is -0.384. The molecule has 0 spiro atoms. The summed E-state index contributed by atoms with van der Waals surface area (Å²) in [5.41, 5.74) is -0.260. The van der Waals surface area contributed by atoms with Crippen molar-refractivity contribution in [2.45, 2.75) is 50.6 Å². The Labute approximate surface area is 175 Å². The van der Waals surface area contributed by atoms with Crippen LogP contribution in [0.4, 0.5) is 5.69 Å². The van der Waals surface area contributed by atoms with Crippen LogP contribution < -0.4 is 4.72 Å². The molecule has 0 bridgehead atoms. The Bertz CT molecular complexity index is 839. The number of hydrogen-bond acceptors (Lipinski definition) is 7. The summed E-state index contributed by atoms with van der Waals surface area (Å²) >= 11 is 0. The van der Waals surface area contributed by atoms with Gasteiger partial charge in [-0.25, -0.2) is 13.2 Å². The summed E-state index contributed by atoms with van der Waals surface area (Å²) in [4.78, 5) is 34.4. The minimum absolute atomic E-state index is 0.228. The molecule has 1 aromatic rings. The van der Waals surface area contributed by atoms with E-state index in [0.717, 1.165) is 42.4 Å². The second kappa shape index (κ2) is 11.6. The van der Waals surface area contributed by atoms with Crippen LogP contribution >= 0.6 is 0 Å². The van der Waals surface area contributed by atoms with E-state index in [1.807, 2.05) is 13.8 Å². The van der Waals surface area contributed by atoms with Crippen molar-refractivity contribution in [3.05, 3.63) is 34.4 Å². The standard InChI is InChI=1S/C14H17N3O7S.C4H10O/c1-9(13(18)16-8-2-3-12(16)14(19)20)15-25(23,24)11-6-4-10(5-7-11)17(21)22;1-3-5-4-2/h4-7,9,12,15H,2-3,8H2,1H3,(H,19,20);3-4H2,1-2H3/t9-,12-;/m0./s1. The first-order valence-corrected chi connectivity index (χ1v) is 10.9. The summed E-state index contributed by atoms with van der Waals surface area (Å²) in [6.07, 6.45) is 0.855. The molecule has 12 heteroatoms. The van der Waals surface area contributed by atoms with E-state index in [9.17, 15) is 28.1 Å². The van der Waals surface area contributed by atoms with Gasteiger partial charge in [0.05, 0.1) is 15.9 Å². The molecule has 168 valence electrons. The van der Waals surface area contributed by atoms with E-state index in [1.165, 1.54) is 6.92 Å². The van der Waals surface area contributed by atoms with E-state index in [4.69, 9.17) is 9.84 Å². The third kappa shape index (κ3) is 7.04. The van der Waals surface area contributed by atoms with Gasteiger partial charge in [0.15, 0.2) is 0 Å². The summed E-state index contributed by atoms with van der Waals surface area (Å²) in [6, 6.07) is 2.09. The van der Waals surface area contributed by atoms with Crippen LogP contribution in [0.25, 0.3) is 0 Å². The van der Waals surface area contributed by atoms with Crippen LogP contribution in [0.2, 0.25) is 0 Å². The molecule has 0 saturated carbocycles. The number of benzene rings is 1. The van der Waals surface area contributed by atoms with E-state index in [1.54, 1.807) is 0 Å². The number of hydrogen-bond donors (Lipinski definition) is 2. The predicted octanol–water partition coefficient (Wildman–Crippen LogP) is 1.38. The van der Waals surface area contributed by atoms with Gasteiger partial charge in [0.1, 0.15) is 6.04 Å². The Hall–Kier alpha value is -2.57. The molecule has 30 heavy (non-hydrogen) atoms. The molecule has 11 nitrogen and oxygen atoms in total. The average Bonchev–Trinajstić information content (AvgIpc) is 3.18. The summed E-state index contributed by atoms with van der Waals surface area (Å²) in [7, 11) is -4.08. The normalized spacial score (nSPS) is 17.0. The number of nitrogens with zero attached hydrogens (tertiary/aromatic N) is 2. The van der Waals surface area contributed by atoms with Gasteiger partial charge in [-0.15, -0.1) is 0 Å². The first-order chi connectivity index (χ1) is 14.0. The molecule has 2 atom stereocenters. The highest BCUT2D eigenvalue weighted by atomic mass is 32.2. The molecule has 1 aliphatic rings. The maximum atomic E-state index is 12.4. The molecule has 2 N–H and O–H groups in total. The Morgan fingerprint density at radius 3 is 2.30 bits per heavy atom. The number of amides is 1. The van der Waals surface area contributed by atoms with Crippen molar-refractivity contribution < 1.29 is 32.8 Å². The summed E-state index contributed by atoms with van der Waals surface area (Å²) in [5, 5.41) is 19.7. The third-order valence-corrected chi connectivity index (χ3v) is 5.85. The third-order valence-electron chi connectivity index (χ3n) is 4.29. The first-order valence-electron chi connectivity index (χ1n) is 9.42. The smallest absolute Gasteiger partial charge is 0.326 e. The Balaban J connectivity index is 0.000000804. The second-order valence-corrected chi connectivity index (χ2v) is 8.12. The predicted molar refractivity (Wildman–Crippen MR) is 107 cm³/mol. The first kappa shape index (κ1) is 25.5. The minimum Gasteiger partial charge on any atom is -0.480 e. The fourth-order valence-corrected chi connectivity index (χ4v) is 4.04. The average molecular weight is 445 g/mol. The van der Waals surface area contributed by atoms with E-state index in [0.29, 0.717) is 12.8 Å². The number of carbonyl (C=O) groups excluding carboxylic acids is 1. The molecule has 1 aliphatic heterocycles. The number of likely N-dealkylation sites (tertiary alicyclic amines) is 1. The van der Waals surface area contributed by atoms with E-state index in [-0.39, 0.29) is 17.1 Å². The molecule has 2 rings (SSSR count). The van der Waals surface area contributed by atoms with Gasteiger partial charge >= 0.3 is 5.97 Å². The van der Waals surface area contributed by atoms with Gasteiger partial charge in [0.25, 0.3) is 5.69 Å². The fraction of sp³-hybridized carbons (Fsp3) is 0.556. The fourth-order valence-electron chi connectivity index (χ4n) is 2.84. The van der Waals surface area contributed by atoms with Gasteiger partial charge in [0, 0.05) is 31.9 Å². The Kier molecular flexibility index (Phi) is 9.82. The molecule has 1 amide bonds. The maximum absolute atomic E-state index is 12.4. The van der Waals surface area contributed by atoms with Crippen molar-refractivity contribution in [3.8, 4) is 0 Å². The largest absolute Gasteiger partial charge is 0.480 e. The zero-order valence-corrected chi connectivity index (χ0v) is 17.9. The van der Waals surface area contributed by atoms with Gasteiger partial charge in [-0.05, 0) is 45.7 Å². The number of ether oxygens (including phenoxy) is 1. The van der Waals surface area contributed by atoms with Crippen LogP contribution in [0, 0.1) is 10.1 Å². The number of nitro benzene ring substituents is 1. The van der Waals surface area contributed by atoms with Gasteiger partial charge in [-0.2, -0.15) is 4.72 Å². The molecule has 1 saturated heterocycles. The summed E-state index contributed by atoms with van der Waals surface area (Å²) in [5.74, 6) is -1.76. The number of non-ortho nitro benzene ring substituents is 1. The van der Waals surface area contributed by atoms with Gasteiger partial charge in [-0.1, -0.05) is 0 Å².